The monoisotopic (exact) mass is 338 g/mol. The summed E-state index contributed by atoms with van der Waals surface area (Å²) >= 11 is 0. The fraction of sp³-hybridized carbons (Fsp3) is 0.316. The second-order valence-electron chi connectivity index (χ2n) is 6.50. The van der Waals surface area contributed by atoms with Gasteiger partial charge in [0.05, 0.1) is 17.0 Å². The van der Waals surface area contributed by atoms with Gasteiger partial charge in [0.15, 0.2) is 5.65 Å². The van der Waals surface area contributed by atoms with E-state index in [-0.39, 0.29) is 17.4 Å². The van der Waals surface area contributed by atoms with Gasteiger partial charge in [0.2, 0.25) is 0 Å². The third-order valence-electron chi connectivity index (χ3n) is 4.74. The minimum Gasteiger partial charge on any atom is -0.338 e. The number of nitrogens with zero attached hydrogens (tertiary/aromatic N) is 4. The number of piperidine rings is 1. The van der Waals surface area contributed by atoms with Gasteiger partial charge < -0.3 is 4.90 Å². The number of benzene rings is 1. The van der Waals surface area contributed by atoms with Gasteiger partial charge in [-0.1, -0.05) is 12.1 Å². The molecule has 0 N–H and O–H groups in total. The van der Waals surface area contributed by atoms with Crippen molar-refractivity contribution in [2.75, 3.05) is 13.1 Å². The molecule has 3 aromatic rings. The standard InChI is InChI=1S/C19H19FN4O/c1-13-11-18-21-9-8-17(24(18)22-13)14-5-4-10-23(12-14)19(25)15-6-2-3-7-16(15)20/h2-3,6-9,11,14H,4-5,10,12H2,1H3/t14-/m0/s1. The van der Waals surface area contributed by atoms with Crippen LogP contribution in [0.25, 0.3) is 5.65 Å². The van der Waals surface area contributed by atoms with E-state index in [9.17, 15) is 9.18 Å². The molecular weight excluding hydrogens is 319 g/mol. The largest absolute Gasteiger partial charge is 0.338 e. The number of aryl methyl sites for hydroxylation is 1. The van der Waals surface area contributed by atoms with Crippen LogP contribution in [0.5, 0.6) is 0 Å². The van der Waals surface area contributed by atoms with Crippen molar-refractivity contribution in [3.05, 3.63) is 65.4 Å². The van der Waals surface area contributed by atoms with Crippen LogP contribution in [-0.4, -0.2) is 38.5 Å². The average molecular weight is 338 g/mol. The first-order valence-electron chi connectivity index (χ1n) is 8.48. The van der Waals surface area contributed by atoms with Gasteiger partial charge in [-0.2, -0.15) is 5.10 Å². The van der Waals surface area contributed by atoms with Gasteiger partial charge in [0.25, 0.3) is 5.91 Å². The Hall–Kier alpha value is -2.76. The maximum Gasteiger partial charge on any atom is 0.256 e. The Morgan fingerprint density at radius 2 is 2.12 bits per heavy atom. The zero-order valence-electron chi connectivity index (χ0n) is 14.0. The molecule has 1 atom stereocenters. The van der Waals surface area contributed by atoms with Crippen molar-refractivity contribution >= 4 is 11.6 Å². The van der Waals surface area contributed by atoms with Crippen LogP contribution in [0.3, 0.4) is 0 Å². The summed E-state index contributed by atoms with van der Waals surface area (Å²) in [5.74, 6) is -0.553. The number of hydrogen-bond donors (Lipinski definition) is 0. The molecular formula is C19H19FN4O. The molecule has 1 aliphatic heterocycles. The second kappa shape index (κ2) is 6.27. The average Bonchev–Trinajstić information content (AvgIpc) is 3.02. The zero-order valence-corrected chi connectivity index (χ0v) is 14.0. The highest BCUT2D eigenvalue weighted by Gasteiger charge is 2.28. The van der Waals surface area contributed by atoms with Crippen LogP contribution in [0.15, 0.2) is 42.6 Å². The van der Waals surface area contributed by atoms with Crippen LogP contribution >= 0.6 is 0 Å². The summed E-state index contributed by atoms with van der Waals surface area (Å²) in [4.78, 5) is 18.8. The lowest BCUT2D eigenvalue weighted by molar-refractivity contribution is 0.0700. The summed E-state index contributed by atoms with van der Waals surface area (Å²) in [7, 11) is 0. The van der Waals surface area contributed by atoms with E-state index in [0.29, 0.717) is 13.1 Å². The van der Waals surface area contributed by atoms with E-state index in [1.54, 1.807) is 29.3 Å². The Kier molecular flexibility index (Phi) is 3.95. The fourth-order valence-electron chi connectivity index (χ4n) is 3.55. The summed E-state index contributed by atoms with van der Waals surface area (Å²) in [5.41, 5.74) is 2.91. The molecule has 1 aromatic carbocycles. The maximum absolute atomic E-state index is 14.0. The highest BCUT2D eigenvalue weighted by Crippen LogP contribution is 2.28. The molecule has 0 aliphatic carbocycles. The Labute approximate surface area is 145 Å². The summed E-state index contributed by atoms with van der Waals surface area (Å²) in [6, 6.07) is 10.1. The summed E-state index contributed by atoms with van der Waals surface area (Å²) < 4.78 is 15.8. The van der Waals surface area contributed by atoms with Gasteiger partial charge in [-0.15, -0.1) is 0 Å². The molecule has 5 nitrogen and oxygen atoms in total. The number of fused-ring (bicyclic) bond motifs is 1. The van der Waals surface area contributed by atoms with Crippen molar-refractivity contribution in [3.8, 4) is 0 Å². The van der Waals surface area contributed by atoms with Crippen molar-refractivity contribution in [1.82, 2.24) is 19.5 Å². The number of amides is 1. The lowest BCUT2D eigenvalue weighted by Crippen LogP contribution is -2.40. The molecule has 0 bridgehead atoms. The molecule has 25 heavy (non-hydrogen) atoms. The molecule has 1 aliphatic rings. The first kappa shape index (κ1) is 15.7. The van der Waals surface area contributed by atoms with E-state index < -0.39 is 5.82 Å². The normalized spacial score (nSPS) is 17.8. The molecule has 0 unspecified atom stereocenters. The number of rotatable bonds is 2. The van der Waals surface area contributed by atoms with Crippen LogP contribution < -0.4 is 0 Å². The Morgan fingerprint density at radius 1 is 1.28 bits per heavy atom. The van der Waals surface area contributed by atoms with Crippen molar-refractivity contribution < 1.29 is 9.18 Å². The summed E-state index contributed by atoms with van der Waals surface area (Å²) in [6.07, 6.45) is 3.64. The topological polar surface area (TPSA) is 50.5 Å². The van der Waals surface area contributed by atoms with E-state index in [4.69, 9.17) is 0 Å². The number of likely N-dealkylation sites (tertiary alicyclic amines) is 1. The predicted molar refractivity (Wildman–Crippen MR) is 92.0 cm³/mol. The highest BCUT2D eigenvalue weighted by molar-refractivity contribution is 5.94. The van der Waals surface area contributed by atoms with Gasteiger partial charge >= 0.3 is 0 Å². The maximum atomic E-state index is 14.0. The van der Waals surface area contributed by atoms with Crippen molar-refractivity contribution in [3.63, 3.8) is 0 Å². The lowest BCUT2D eigenvalue weighted by atomic mass is 9.94. The Balaban J connectivity index is 1.62. The molecule has 2 aromatic heterocycles. The van der Waals surface area contributed by atoms with E-state index in [1.165, 1.54) is 6.07 Å². The Morgan fingerprint density at radius 3 is 2.96 bits per heavy atom. The van der Waals surface area contributed by atoms with Gasteiger partial charge in [-0.25, -0.2) is 13.9 Å². The van der Waals surface area contributed by atoms with E-state index >= 15 is 0 Å². The van der Waals surface area contributed by atoms with Crippen LogP contribution in [-0.2, 0) is 0 Å². The SMILES string of the molecule is Cc1cc2nccc([C@H]3CCCN(C(=O)c4ccccc4F)C3)n2n1. The van der Waals surface area contributed by atoms with Gasteiger partial charge in [-0.05, 0) is 38.0 Å². The van der Waals surface area contributed by atoms with Gasteiger partial charge in [0.1, 0.15) is 5.82 Å². The molecule has 1 amide bonds. The fourth-order valence-corrected chi connectivity index (χ4v) is 3.55. The minimum absolute atomic E-state index is 0.137. The molecule has 0 radical (unpaired) electrons. The van der Waals surface area contributed by atoms with Crippen LogP contribution in [0, 0.1) is 12.7 Å². The highest BCUT2D eigenvalue weighted by atomic mass is 19.1. The van der Waals surface area contributed by atoms with Crippen LogP contribution in [0.4, 0.5) is 4.39 Å². The quantitative estimate of drug-likeness (QED) is 0.721. The van der Waals surface area contributed by atoms with E-state index in [2.05, 4.69) is 10.1 Å². The molecule has 128 valence electrons. The third kappa shape index (κ3) is 2.88. The molecule has 0 saturated carbocycles. The number of aromatic nitrogens is 3. The summed E-state index contributed by atoms with van der Waals surface area (Å²) in [5, 5.41) is 4.52. The summed E-state index contributed by atoms with van der Waals surface area (Å²) in [6.45, 7) is 3.15. The predicted octanol–water partition coefficient (Wildman–Crippen LogP) is 3.20. The van der Waals surface area contributed by atoms with Crippen LogP contribution in [0.2, 0.25) is 0 Å². The van der Waals surface area contributed by atoms with Crippen LogP contribution in [0.1, 0.15) is 40.5 Å². The first-order chi connectivity index (χ1) is 12.1. The number of hydrogen-bond acceptors (Lipinski definition) is 3. The second-order valence-corrected chi connectivity index (χ2v) is 6.50. The Bertz CT molecular complexity index is 936. The van der Waals surface area contributed by atoms with Crippen molar-refractivity contribution in [2.45, 2.75) is 25.7 Å². The molecule has 0 spiro atoms. The van der Waals surface area contributed by atoms with E-state index in [1.807, 2.05) is 23.6 Å². The molecule has 1 saturated heterocycles. The lowest BCUT2D eigenvalue weighted by Gasteiger charge is -2.33. The minimum atomic E-state index is -0.469. The van der Waals surface area contributed by atoms with Gasteiger partial charge in [0, 0.05) is 31.3 Å². The van der Waals surface area contributed by atoms with Crippen molar-refractivity contribution in [2.24, 2.45) is 0 Å². The first-order valence-corrected chi connectivity index (χ1v) is 8.48. The number of carbonyl (C=O) groups excluding carboxylic acids is 1. The smallest absolute Gasteiger partial charge is 0.256 e. The molecule has 1 fully saturated rings. The van der Waals surface area contributed by atoms with Crippen molar-refractivity contribution in [1.29, 1.82) is 0 Å². The zero-order chi connectivity index (χ0) is 17.4. The molecule has 3 heterocycles. The third-order valence-corrected chi connectivity index (χ3v) is 4.74. The number of halogens is 1. The molecule has 4 rings (SSSR count). The number of carbonyl (C=O) groups is 1. The van der Waals surface area contributed by atoms with Gasteiger partial charge in [-0.3, -0.25) is 4.79 Å². The van der Waals surface area contributed by atoms with E-state index in [0.717, 1.165) is 29.9 Å². The molecule has 6 heteroatoms.